The molecule has 1 amide bonds. The monoisotopic (exact) mass is 438 g/mol. The van der Waals surface area contributed by atoms with Crippen molar-refractivity contribution in [2.45, 2.75) is 43.5 Å². The number of nitrogens with zero attached hydrogens (tertiary/aromatic N) is 3. The summed E-state index contributed by atoms with van der Waals surface area (Å²) in [6, 6.07) is 17.6. The fourth-order valence-corrected chi connectivity index (χ4v) is 4.39. The molecule has 1 aliphatic carbocycles. The van der Waals surface area contributed by atoms with Crippen molar-refractivity contribution in [3.63, 3.8) is 0 Å². The van der Waals surface area contributed by atoms with Crippen LogP contribution >= 0.6 is 11.8 Å². The molecule has 1 heterocycles. The van der Waals surface area contributed by atoms with Gasteiger partial charge in [0.1, 0.15) is 18.1 Å². The quantitative estimate of drug-likeness (QED) is 0.509. The van der Waals surface area contributed by atoms with Gasteiger partial charge in [-0.15, -0.1) is 10.2 Å². The first-order valence-corrected chi connectivity index (χ1v) is 11.4. The lowest BCUT2D eigenvalue weighted by molar-refractivity contribution is -0.119. The second-order valence-corrected chi connectivity index (χ2v) is 8.31. The van der Waals surface area contributed by atoms with Crippen molar-refractivity contribution in [3.8, 4) is 17.2 Å². The van der Waals surface area contributed by atoms with Crippen molar-refractivity contribution in [2.75, 3.05) is 12.9 Å². The zero-order valence-corrected chi connectivity index (χ0v) is 18.3. The van der Waals surface area contributed by atoms with E-state index in [0.717, 1.165) is 30.0 Å². The Kier molecular flexibility index (Phi) is 7.09. The molecule has 3 aromatic rings. The van der Waals surface area contributed by atoms with Gasteiger partial charge in [0.05, 0.1) is 12.9 Å². The van der Waals surface area contributed by atoms with E-state index in [9.17, 15) is 4.79 Å². The minimum atomic E-state index is 0.0308. The van der Waals surface area contributed by atoms with Gasteiger partial charge in [-0.1, -0.05) is 42.8 Å². The lowest BCUT2D eigenvalue weighted by Crippen LogP contribution is -2.33. The van der Waals surface area contributed by atoms with Gasteiger partial charge in [0.25, 0.3) is 0 Å². The molecule has 1 aliphatic rings. The number of ether oxygens (including phenoxy) is 2. The third kappa shape index (κ3) is 5.58. The first-order valence-electron chi connectivity index (χ1n) is 10.4. The molecule has 0 unspecified atom stereocenters. The number of benzene rings is 2. The number of carbonyl (C=O) groups is 1. The highest BCUT2D eigenvalue weighted by molar-refractivity contribution is 7.99. The van der Waals surface area contributed by atoms with Crippen LogP contribution in [0.5, 0.6) is 11.5 Å². The molecule has 1 saturated carbocycles. The number of amides is 1. The lowest BCUT2D eigenvalue weighted by Gasteiger charge is -2.13. The summed E-state index contributed by atoms with van der Waals surface area (Å²) in [5.41, 5.74) is 0.885. The van der Waals surface area contributed by atoms with Gasteiger partial charge in [-0.2, -0.15) is 0 Å². The Bertz CT molecular complexity index is 986. The average molecular weight is 439 g/mol. The lowest BCUT2D eigenvalue weighted by atomic mass is 10.2. The molecule has 1 N–H and O–H groups in total. The van der Waals surface area contributed by atoms with Crippen LogP contribution in [0.2, 0.25) is 0 Å². The SMILES string of the molecule is COc1ccc(-n2c(COc3ccccc3)nnc2SCC(=O)NC2CCCC2)cc1. The van der Waals surface area contributed by atoms with Gasteiger partial charge < -0.3 is 14.8 Å². The van der Waals surface area contributed by atoms with Crippen LogP contribution in [0.15, 0.2) is 59.8 Å². The number of para-hydroxylation sites is 1. The van der Waals surface area contributed by atoms with Crippen molar-refractivity contribution in [1.29, 1.82) is 0 Å². The molecule has 4 rings (SSSR count). The summed E-state index contributed by atoms with van der Waals surface area (Å²) in [6.45, 7) is 0.262. The van der Waals surface area contributed by atoms with Gasteiger partial charge in [0, 0.05) is 11.7 Å². The molecule has 0 bridgehead atoms. The van der Waals surface area contributed by atoms with Crippen molar-refractivity contribution in [2.24, 2.45) is 0 Å². The van der Waals surface area contributed by atoms with Gasteiger partial charge >= 0.3 is 0 Å². The first kappa shape index (κ1) is 21.2. The van der Waals surface area contributed by atoms with Crippen LogP contribution in [0.4, 0.5) is 0 Å². The van der Waals surface area contributed by atoms with E-state index in [-0.39, 0.29) is 12.5 Å². The molecule has 8 heteroatoms. The fourth-order valence-electron chi connectivity index (χ4n) is 3.61. The first-order chi connectivity index (χ1) is 15.2. The normalized spacial score (nSPS) is 13.8. The Morgan fingerprint density at radius 1 is 1.06 bits per heavy atom. The largest absolute Gasteiger partial charge is 0.497 e. The highest BCUT2D eigenvalue weighted by Gasteiger charge is 2.20. The van der Waals surface area contributed by atoms with Crippen molar-refractivity contribution < 1.29 is 14.3 Å². The maximum Gasteiger partial charge on any atom is 0.230 e. The average Bonchev–Trinajstić information content (AvgIpc) is 3.47. The van der Waals surface area contributed by atoms with Crippen LogP contribution in [-0.2, 0) is 11.4 Å². The maximum absolute atomic E-state index is 12.4. The van der Waals surface area contributed by atoms with Crippen molar-refractivity contribution in [3.05, 3.63) is 60.4 Å². The van der Waals surface area contributed by atoms with E-state index in [4.69, 9.17) is 9.47 Å². The van der Waals surface area contributed by atoms with E-state index in [2.05, 4.69) is 15.5 Å². The zero-order valence-electron chi connectivity index (χ0n) is 17.5. The van der Waals surface area contributed by atoms with Crippen LogP contribution in [0.25, 0.3) is 5.69 Å². The smallest absolute Gasteiger partial charge is 0.230 e. The Morgan fingerprint density at radius 3 is 2.52 bits per heavy atom. The van der Waals surface area contributed by atoms with E-state index < -0.39 is 0 Å². The van der Waals surface area contributed by atoms with Crippen LogP contribution in [0.3, 0.4) is 0 Å². The van der Waals surface area contributed by atoms with Crippen LogP contribution in [-0.4, -0.2) is 39.6 Å². The van der Waals surface area contributed by atoms with Gasteiger partial charge in [0.2, 0.25) is 5.91 Å². The third-order valence-corrected chi connectivity index (χ3v) is 6.12. The summed E-state index contributed by atoms with van der Waals surface area (Å²) in [4.78, 5) is 12.4. The second kappa shape index (κ2) is 10.3. The standard InChI is InChI=1S/C23H26N4O3S/c1-29-19-13-11-18(12-14-19)27-21(15-30-20-9-3-2-4-10-20)25-26-23(27)31-16-22(28)24-17-7-5-6-8-17/h2-4,9-14,17H,5-8,15-16H2,1H3,(H,24,28). The molecule has 1 aromatic heterocycles. The maximum atomic E-state index is 12.4. The predicted molar refractivity (Wildman–Crippen MR) is 120 cm³/mol. The minimum Gasteiger partial charge on any atom is -0.497 e. The highest BCUT2D eigenvalue weighted by atomic mass is 32.2. The minimum absolute atomic E-state index is 0.0308. The second-order valence-electron chi connectivity index (χ2n) is 7.37. The van der Waals surface area contributed by atoms with Crippen LogP contribution < -0.4 is 14.8 Å². The van der Waals surface area contributed by atoms with Gasteiger partial charge in [-0.25, -0.2) is 0 Å². The number of hydrogen-bond acceptors (Lipinski definition) is 6. The Hall–Kier alpha value is -3.00. The molecule has 2 aromatic carbocycles. The number of aromatic nitrogens is 3. The third-order valence-electron chi connectivity index (χ3n) is 5.19. The molecule has 0 atom stereocenters. The molecule has 162 valence electrons. The number of thioether (sulfide) groups is 1. The molecule has 0 radical (unpaired) electrons. The molecular weight excluding hydrogens is 412 g/mol. The Morgan fingerprint density at radius 2 is 1.81 bits per heavy atom. The summed E-state index contributed by atoms with van der Waals surface area (Å²) >= 11 is 1.38. The van der Waals surface area contributed by atoms with E-state index in [1.54, 1.807) is 7.11 Å². The number of carbonyl (C=O) groups excluding carboxylic acids is 1. The highest BCUT2D eigenvalue weighted by Crippen LogP contribution is 2.25. The van der Waals surface area contributed by atoms with Gasteiger partial charge in [-0.05, 0) is 49.2 Å². The molecule has 0 saturated heterocycles. The van der Waals surface area contributed by atoms with E-state index in [1.165, 1.54) is 24.6 Å². The molecule has 7 nitrogen and oxygen atoms in total. The van der Waals surface area contributed by atoms with Crippen molar-refractivity contribution >= 4 is 17.7 Å². The van der Waals surface area contributed by atoms with Gasteiger partial charge in [0.15, 0.2) is 11.0 Å². The van der Waals surface area contributed by atoms with Crippen LogP contribution in [0.1, 0.15) is 31.5 Å². The summed E-state index contributed by atoms with van der Waals surface area (Å²) in [7, 11) is 1.64. The summed E-state index contributed by atoms with van der Waals surface area (Å²) < 4.78 is 13.1. The topological polar surface area (TPSA) is 78.3 Å². The zero-order chi connectivity index (χ0) is 21.5. The van der Waals surface area contributed by atoms with Crippen LogP contribution in [0, 0.1) is 0 Å². The number of nitrogens with one attached hydrogen (secondary N) is 1. The molecule has 1 fully saturated rings. The molecule has 0 aliphatic heterocycles. The number of methoxy groups -OCH3 is 1. The molecule has 31 heavy (non-hydrogen) atoms. The van der Waals surface area contributed by atoms with E-state index >= 15 is 0 Å². The summed E-state index contributed by atoms with van der Waals surface area (Å²) in [5.74, 6) is 2.52. The van der Waals surface area contributed by atoms with Crippen molar-refractivity contribution in [1.82, 2.24) is 20.1 Å². The summed E-state index contributed by atoms with van der Waals surface area (Å²) in [6.07, 6.45) is 4.52. The predicted octanol–water partition coefficient (Wildman–Crippen LogP) is 4.01. The molecule has 0 spiro atoms. The van der Waals surface area contributed by atoms with Gasteiger partial charge in [-0.3, -0.25) is 9.36 Å². The molecular formula is C23H26N4O3S. The number of rotatable bonds is 9. The number of hydrogen-bond donors (Lipinski definition) is 1. The Labute approximate surface area is 186 Å². The van der Waals surface area contributed by atoms with E-state index in [0.29, 0.717) is 22.8 Å². The van der Waals surface area contributed by atoms with E-state index in [1.807, 2.05) is 59.2 Å². The Balaban J connectivity index is 1.50. The summed E-state index contributed by atoms with van der Waals surface area (Å²) in [5, 5.41) is 12.4. The fraction of sp³-hybridized carbons (Fsp3) is 0.348.